The van der Waals surface area contributed by atoms with Crippen LogP contribution in [-0.4, -0.2) is 11.5 Å². The van der Waals surface area contributed by atoms with Gasteiger partial charge in [0.1, 0.15) is 5.71 Å². The molecule has 0 N–H and O–H groups in total. The molecule has 7 rings (SSSR count). The van der Waals surface area contributed by atoms with Crippen molar-refractivity contribution in [1.29, 1.82) is 0 Å². The van der Waals surface area contributed by atoms with Crippen molar-refractivity contribution >= 4 is 46.8 Å². The average molecular weight is 731 g/mol. The summed E-state index contributed by atoms with van der Waals surface area (Å²) in [5.41, 5.74) is 4.10. The number of nitrogens with zero attached hydrogens (tertiary/aromatic N) is 1. The standard InChI is InChI=1S/C22H23NO2.C18H15P.C6H5.Ni/c1-13(2)15-10-7-11-16(14(3)4)21(15)23-19-12-20(24)17-8-5-6-9-18(17)22(19)25;1-4-10-16(11-5-1)19(17-12-6-2-7-13-17)18-14-8-3-9-15-18;1-2-4-6-5-3-1;/h5-14,24H,1-4H3;1-15H;1-5H;/q;;-1;+2/p-1. The van der Waals surface area contributed by atoms with Crippen LogP contribution in [0.1, 0.15) is 66.6 Å². The monoisotopic (exact) mass is 729 g/mol. The molecule has 6 aromatic carbocycles. The normalized spacial score (nSPS) is 12.6. The maximum absolute atomic E-state index is 12.8. The van der Waals surface area contributed by atoms with Crippen LogP contribution in [0.25, 0.3) is 5.76 Å². The molecule has 0 saturated carbocycles. The van der Waals surface area contributed by atoms with E-state index in [1.165, 1.54) is 22.0 Å². The fourth-order valence-corrected chi connectivity index (χ4v) is 7.97. The number of ketones is 1. The molecular weight excluding hydrogens is 688 g/mol. The van der Waals surface area contributed by atoms with Gasteiger partial charge in [-0.3, -0.25) is 4.79 Å². The number of carbonyl (C=O) groups is 1. The minimum Gasteiger partial charge on any atom is -0.872 e. The minimum absolute atomic E-state index is 0. The molecule has 0 spiro atoms. The molecule has 0 saturated heterocycles. The molecule has 1 aliphatic rings. The fraction of sp³-hybridized carbons (Fsp3) is 0.130. The van der Waals surface area contributed by atoms with E-state index < -0.39 is 7.92 Å². The second-order valence-electron chi connectivity index (χ2n) is 12.4. The first-order chi connectivity index (χ1) is 24.3. The number of rotatable bonds is 6. The number of para-hydroxylation sites is 1. The molecule has 0 aromatic heterocycles. The van der Waals surface area contributed by atoms with Gasteiger partial charge in [-0.15, -0.1) is 0 Å². The van der Waals surface area contributed by atoms with Crippen LogP contribution in [-0.2, 0) is 16.5 Å². The number of allylic oxidation sites excluding steroid dienone is 1. The van der Waals surface area contributed by atoms with Gasteiger partial charge < -0.3 is 5.11 Å². The Labute approximate surface area is 314 Å². The number of benzene rings is 6. The summed E-state index contributed by atoms with van der Waals surface area (Å²) in [7, 11) is -0.446. The quantitative estimate of drug-likeness (QED) is 0.0975. The largest absolute Gasteiger partial charge is 2.00 e. The Hall–Kier alpha value is -4.88. The van der Waals surface area contributed by atoms with Crippen molar-refractivity contribution in [1.82, 2.24) is 0 Å². The van der Waals surface area contributed by atoms with Crippen LogP contribution in [0, 0.1) is 6.07 Å². The first-order valence-corrected chi connectivity index (χ1v) is 18.3. The predicted octanol–water partition coefficient (Wildman–Crippen LogP) is 9.53. The van der Waals surface area contributed by atoms with Gasteiger partial charge in [0.05, 0.1) is 5.69 Å². The molecule has 0 amide bonds. The van der Waals surface area contributed by atoms with Crippen molar-refractivity contribution in [2.45, 2.75) is 39.5 Å². The SMILES string of the molecule is CC(C)c1cccc(C(C)C)c1N=C1C=C([O-])c2ccccc2C1=O.[Ni+2].[c-]1ccccc1.c1ccc(P(c2ccccc2)c2ccccc2)cc1. The van der Waals surface area contributed by atoms with E-state index in [1.807, 2.05) is 48.5 Å². The number of carbonyl (C=O) groups excluding carboxylic acids is 1. The summed E-state index contributed by atoms with van der Waals surface area (Å²) in [5.74, 6) is 0.199. The molecule has 0 atom stereocenters. The summed E-state index contributed by atoms with van der Waals surface area (Å²) in [6.07, 6.45) is 1.37. The van der Waals surface area contributed by atoms with E-state index in [-0.39, 0.29) is 45.6 Å². The van der Waals surface area contributed by atoms with Crippen molar-refractivity contribution < 1.29 is 26.4 Å². The Morgan fingerprint density at radius 3 is 1.35 bits per heavy atom. The number of fused-ring (bicyclic) bond motifs is 1. The third kappa shape index (κ3) is 10.3. The van der Waals surface area contributed by atoms with Crippen molar-refractivity contribution in [3.05, 3.63) is 198 Å². The Morgan fingerprint density at radius 1 is 0.549 bits per heavy atom. The number of aliphatic imine (C=N–C) groups is 1. The number of Topliss-reactive ketones (excluding diaryl/α,β-unsaturated/α-hetero) is 1. The molecule has 0 heterocycles. The number of hydrogen-bond donors (Lipinski definition) is 0. The summed E-state index contributed by atoms with van der Waals surface area (Å²) in [4.78, 5) is 17.5. The van der Waals surface area contributed by atoms with E-state index in [2.05, 4.69) is 130 Å². The zero-order valence-corrected chi connectivity index (χ0v) is 31.2. The Balaban J connectivity index is 0.000000197. The van der Waals surface area contributed by atoms with Crippen LogP contribution >= 0.6 is 7.92 Å². The third-order valence-corrected chi connectivity index (χ3v) is 10.6. The van der Waals surface area contributed by atoms with Gasteiger partial charge in [0.25, 0.3) is 0 Å². The topological polar surface area (TPSA) is 52.5 Å². The van der Waals surface area contributed by atoms with Gasteiger partial charge in [0.15, 0.2) is 0 Å². The van der Waals surface area contributed by atoms with Gasteiger partial charge >= 0.3 is 16.5 Å². The van der Waals surface area contributed by atoms with Crippen LogP contribution < -0.4 is 21.0 Å². The summed E-state index contributed by atoms with van der Waals surface area (Å²) in [6, 6.07) is 57.9. The van der Waals surface area contributed by atoms with E-state index in [1.54, 1.807) is 24.3 Å². The van der Waals surface area contributed by atoms with Crippen molar-refractivity contribution in [2.24, 2.45) is 4.99 Å². The minimum atomic E-state index is -0.446. The van der Waals surface area contributed by atoms with Crippen molar-refractivity contribution in [2.75, 3.05) is 0 Å². The van der Waals surface area contributed by atoms with Crippen molar-refractivity contribution in [3.8, 4) is 0 Å². The fourth-order valence-electron chi connectivity index (χ4n) is 5.67. The maximum atomic E-state index is 12.8. The summed E-state index contributed by atoms with van der Waals surface area (Å²) in [5, 5.41) is 16.6. The van der Waals surface area contributed by atoms with Crippen molar-refractivity contribution in [3.63, 3.8) is 0 Å². The molecule has 6 aromatic rings. The Morgan fingerprint density at radius 2 is 0.961 bits per heavy atom. The van der Waals surface area contributed by atoms with Crippen LogP contribution in [0.4, 0.5) is 5.69 Å². The van der Waals surface area contributed by atoms with Gasteiger partial charge in [-0.1, -0.05) is 167 Å². The van der Waals surface area contributed by atoms with Gasteiger partial charge in [0.2, 0.25) is 5.78 Å². The van der Waals surface area contributed by atoms with Gasteiger partial charge in [-0.2, -0.15) is 36.4 Å². The average Bonchev–Trinajstić information content (AvgIpc) is 3.16. The zero-order valence-electron chi connectivity index (χ0n) is 29.3. The van der Waals surface area contributed by atoms with Crippen LogP contribution in [0.15, 0.2) is 175 Å². The van der Waals surface area contributed by atoms with E-state index in [9.17, 15) is 9.90 Å². The maximum Gasteiger partial charge on any atom is 2.00 e. The van der Waals surface area contributed by atoms with E-state index in [0.29, 0.717) is 11.1 Å². The smallest absolute Gasteiger partial charge is 0.872 e. The summed E-state index contributed by atoms with van der Waals surface area (Å²) in [6.45, 7) is 8.43. The molecule has 5 heteroatoms. The summed E-state index contributed by atoms with van der Waals surface area (Å²) < 4.78 is 0. The molecule has 3 nitrogen and oxygen atoms in total. The third-order valence-electron chi connectivity index (χ3n) is 8.16. The van der Waals surface area contributed by atoms with Gasteiger partial charge in [-0.05, 0) is 58.4 Å². The first kappa shape index (κ1) is 38.9. The van der Waals surface area contributed by atoms with Gasteiger partial charge in [0, 0.05) is 5.56 Å². The molecule has 51 heavy (non-hydrogen) atoms. The Bertz CT molecular complexity index is 1880. The molecule has 0 bridgehead atoms. The van der Waals surface area contributed by atoms with E-state index in [4.69, 9.17) is 0 Å². The molecular formula is C46H42NNiO2P. The molecule has 0 fully saturated rings. The van der Waals surface area contributed by atoms with Crippen LogP contribution in [0.3, 0.4) is 0 Å². The molecule has 0 aliphatic heterocycles. The zero-order chi connectivity index (χ0) is 35.3. The van der Waals surface area contributed by atoms with Gasteiger partial charge in [-0.25, -0.2) is 4.99 Å². The molecule has 0 unspecified atom stereocenters. The molecule has 258 valence electrons. The van der Waals surface area contributed by atoms with Crippen LogP contribution in [0.5, 0.6) is 0 Å². The van der Waals surface area contributed by atoms with Crippen LogP contribution in [0.2, 0.25) is 0 Å². The Kier molecular flexibility index (Phi) is 14.9. The summed E-state index contributed by atoms with van der Waals surface area (Å²) >= 11 is 0. The first-order valence-electron chi connectivity index (χ1n) is 17.0. The molecule has 1 aliphatic carbocycles. The second kappa shape index (κ2) is 19.5. The second-order valence-corrected chi connectivity index (χ2v) is 14.6. The molecule has 0 radical (unpaired) electrons. The van der Waals surface area contributed by atoms with E-state index in [0.717, 1.165) is 16.8 Å². The van der Waals surface area contributed by atoms with E-state index >= 15 is 0 Å². The predicted molar refractivity (Wildman–Crippen MR) is 211 cm³/mol. The number of hydrogen-bond acceptors (Lipinski definition) is 3.